The number of carboxylic acid groups (broad SMARTS) is 1. The van der Waals surface area contributed by atoms with Gasteiger partial charge in [0, 0.05) is 28.9 Å². The third-order valence-corrected chi connectivity index (χ3v) is 6.50. The van der Waals surface area contributed by atoms with Crippen LogP contribution < -0.4 is 5.32 Å². The molecular formula is C31H31F5N6O3. The van der Waals surface area contributed by atoms with E-state index in [1.165, 1.54) is 30.5 Å². The monoisotopic (exact) mass is 630 g/mol. The Morgan fingerprint density at radius 2 is 1.69 bits per heavy atom. The van der Waals surface area contributed by atoms with Crippen LogP contribution in [-0.2, 0) is 6.42 Å². The number of hydrogen-bond acceptors (Lipinski definition) is 6. The van der Waals surface area contributed by atoms with Gasteiger partial charge in [0.05, 0.1) is 11.7 Å². The van der Waals surface area contributed by atoms with Gasteiger partial charge in [-0.2, -0.15) is 13.2 Å². The Morgan fingerprint density at radius 1 is 1.02 bits per heavy atom. The summed E-state index contributed by atoms with van der Waals surface area (Å²) < 4.78 is 68.6. The van der Waals surface area contributed by atoms with Crippen LogP contribution in [0, 0.1) is 23.5 Å². The molecule has 0 spiro atoms. The molecular weight excluding hydrogens is 599 g/mol. The predicted octanol–water partition coefficient (Wildman–Crippen LogP) is 6.23. The molecule has 1 unspecified atom stereocenters. The topological polar surface area (TPSA) is 116 Å². The minimum atomic E-state index is -4.52. The van der Waals surface area contributed by atoms with Crippen LogP contribution in [0.3, 0.4) is 0 Å². The lowest BCUT2D eigenvalue weighted by molar-refractivity contribution is -0.115. The summed E-state index contributed by atoms with van der Waals surface area (Å²) in [5, 5.41) is 30.8. The molecule has 9 nitrogen and oxygen atoms in total. The highest BCUT2D eigenvalue weighted by atomic mass is 19.4. The lowest BCUT2D eigenvalue weighted by Crippen LogP contribution is -2.48. The second-order valence-corrected chi connectivity index (χ2v) is 11.9. The minimum Gasteiger partial charge on any atom is -0.465 e. The smallest absolute Gasteiger partial charge is 0.408 e. The number of aromatic nitrogens is 4. The number of carbonyl (C=O) groups is 1. The van der Waals surface area contributed by atoms with Crippen molar-refractivity contribution in [1.29, 1.82) is 0 Å². The number of halogens is 5. The molecule has 1 atom stereocenters. The van der Waals surface area contributed by atoms with Gasteiger partial charge in [0.25, 0.3) is 0 Å². The summed E-state index contributed by atoms with van der Waals surface area (Å²) in [5.41, 5.74) is -1.21. The Kier molecular flexibility index (Phi) is 9.07. The second kappa shape index (κ2) is 12.3. The zero-order valence-electron chi connectivity index (χ0n) is 25.0. The molecule has 3 aromatic heterocycles. The summed E-state index contributed by atoms with van der Waals surface area (Å²) >= 11 is 0. The number of nitrogens with zero attached hydrogens (tertiary/aromatic N) is 5. The summed E-state index contributed by atoms with van der Waals surface area (Å²) in [5.74, 6) is 3.54. The van der Waals surface area contributed by atoms with Gasteiger partial charge in [0.15, 0.2) is 5.65 Å². The molecule has 0 saturated carbocycles. The van der Waals surface area contributed by atoms with Gasteiger partial charge in [0.2, 0.25) is 5.95 Å². The number of aliphatic hydroxyl groups is 1. The minimum absolute atomic E-state index is 0.125. The van der Waals surface area contributed by atoms with E-state index in [1.807, 2.05) is 0 Å². The molecule has 3 N–H and O–H groups in total. The van der Waals surface area contributed by atoms with Crippen molar-refractivity contribution in [3.8, 4) is 23.0 Å². The van der Waals surface area contributed by atoms with E-state index in [1.54, 1.807) is 39.0 Å². The van der Waals surface area contributed by atoms with Crippen LogP contribution >= 0.6 is 0 Å². The SMILES string of the molecule is CC(C)(O)C#Cc1ccc(-c2cccn3c(NCC(F)(F)F)nnc23)c(C(Cc2cc(F)cc(F)c2)N(C(=O)O)C(C)(C)C)n1. The number of anilines is 1. The molecule has 45 heavy (non-hydrogen) atoms. The highest BCUT2D eigenvalue weighted by Gasteiger charge is 2.37. The molecule has 0 bridgehead atoms. The largest absolute Gasteiger partial charge is 0.465 e. The van der Waals surface area contributed by atoms with E-state index in [-0.39, 0.29) is 35.0 Å². The fourth-order valence-corrected chi connectivity index (χ4v) is 4.82. The predicted molar refractivity (Wildman–Crippen MR) is 156 cm³/mol. The number of nitrogens with one attached hydrogen (secondary N) is 1. The van der Waals surface area contributed by atoms with Crippen LogP contribution in [0.1, 0.15) is 57.6 Å². The van der Waals surface area contributed by atoms with Crippen LogP contribution in [0.2, 0.25) is 0 Å². The van der Waals surface area contributed by atoms with Crippen molar-refractivity contribution in [2.45, 2.75) is 64.4 Å². The average Bonchev–Trinajstić information content (AvgIpc) is 3.31. The van der Waals surface area contributed by atoms with Gasteiger partial charge in [0.1, 0.15) is 29.5 Å². The van der Waals surface area contributed by atoms with Crippen molar-refractivity contribution in [3.63, 3.8) is 0 Å². The van der Waals surface area contributed by atoms with Crippen molar-refractivity contribution in [3.05, 3.63) is 77.2 Å². The van der Waals surface area contributed by atoms with Crippen molar-refractivity contribution in [2.75, 3.05) is 11.9 Å². The van der Waals surface area contributed by atoms with E-state index in [0.29, 0.717) is 17.2 Å². The first-order chi connectivity index (χ1) is 20.8. The lowest BCUT2D eigenvalue weighted by Gasteiger charge is -2.40. The molecule has 3 heterocycles. The highest BCUT2D eigenvalue weighted by Crippen LogP contribution is 2.38. The lowest BCUT2D eigenvalue weighted by atomic mass is 9.91. The maximum Gasteiger partial charge on any atom is 0.408 e. The highest BCUT2D eigenvalue weighted by molar-refractivity contribution is 5.80. The first-order valence-corrected chi connectivity index (χ1v) is 13.7. The van der Waals surface area contributed by atoms with Crippen molar-refractivity contribution in [2.24, 2.45) is 0 Å². The van der Waals surface area contributed by atoms with Crippen molar-refractivity contribution < 1.29 is 37.0 Å². The number of hydrogen-bond donors (Lipinski definition) is 3. The molecule has 0 aliphatic rings. The van der Waals surface area contributed by atoms with E-state index >= 15 is 0 Å². The fraction of sp³-hybridized carbons (Fsp3) is 0.355. The Hall–Kier alpha value is -4.77. The average molecular weight is 631 g/mol. The molecule has 4 aromatic rings. The molecule has 1 amide bonds. The standard InChI is InChI=1S/C31H31F5N6O3/c1-29(2,3)42(28(43)44)24(15-18-13-19(32)16-20(33)14-18)25-22(9-8-21(38-25)10-11-30(4,5)45)23-7-6-12-41-26(23)39-40-27(41)37-17-31(34,35)36/h6-9,12-14,16,24,45H,15,17H2,1-5H3,(H,37,40)(H,43,44). The quantitative estimate of drug-likeness (QED) is 0.164. The third kappa shape index (κ3) is 8.24. The summed E-state index contributed by atoms with van der Waals surface area (Å²) in [4.78, 5) is 18.6. The van der Waals surface area contributed by atoms with Crippen LogP contribution in [-0.4, -0.2) is 64.6 Å². The van der Waals surface area contributed by atoms with E-state index < -0.39 is 47.6 Å². The number of pyridine rings is 2. The van der Waals surface area contributed by atoms with Crippen molar-refractivity contribution in [1.82, 2.24) is 24.5 Å². The zero-order valence-corrected chi connectivity index (χ0v) is 25.0. The van der Waals surface area contributed by atoms with E-state index in [2.05, 4.69) is 27.4 Å². The van der Waals surface area contributed by atoms with E-state index in [9.17, 15) is 37.0 Å². The van der Waals surface area contributed by atoms with Gasteiger partial charge < -0.3 is 15.5 Å². The van der Waals surface area contributed by atoms with Crippen LogP contribution in [0.5, 0.6) is 0 Å². The van der Waals surface area contributed by atoms with Gasteiger partial charge >= 0.3 is 12.3 Å². The normalized spacial score (nSPS) is 12.9. The van der Waals surface area contributed by atoms with E-state index in [0.717, 1.165) is 17.0 Å². The maximum absolute atomic E-state index is 14.3. The van der Waals surface area contributed by atoms with Crippen LogP contribution in [0.25, 0.3) is 16.8 Å². The van der Waals surface area contributed by atoms with Gasteiger partial charge in [-0.05, 0) is 88.9 Å². The van der Waals surface area contributed by atoms with E-state index in [4.69, 9.17) is 4.98 Å². The Balaban J connectivity index is 2.00. The molecule has 14 heteroatoms. The molecule has 0 aliphatic heterocycles. The number of alkyl halides is 3. The zero-order chi connectivity index (χ0) is 33.3. The summed E-state index contributed by atoms with van der Waals surface area (Å²) in [6.45, 7) is 6.53. The maximum atomic E-state index is 14.3. The number of amides is 1. The molecule has 0 saturated heterocycles. The van der Waals surface area contributed by atoms with Gasteiger partial charge in [-0.15, -0.1) is 10.2 Å². The Labute approximate surface area is 255 Å². The Morgan fingerprint density at radius 3 is 2.27 bits per heavy atom. The molecule has 0 aliphatic carbocycles. The summed E-state index contributed by atoms with van der Waals surface area (Å²) in [6.07, 6.45) is -4.62. The summed E-state index contributed by atoms with van der Waals surface area (Å²) in [7, 11) is 0. The van der Waals surface area contributed by atoms with Gasteiger partial charge in [-0.25, -0.2) is 18.6 Å². The molecule has 4 rings (SSSR count). The molecule has 0 radical (unpaired) electrons. The molecule has 0 fully saturated rings. The fourth-order valence-electron chi connectivity index (χ4n) is 4.82. The first-order valence-electron chi connectivity index (χ1n) is 13.7. The van der Waals surface area contributed by atoms with Gasteiger partial charge in [-0.1, -0.05) is 5.92 Å². The van der Waals surface area contributed by atoms with Crippen LogP contribution in [0.4, 0.5) is 32.7 Å². The molecule has 1 aromatic carbocycles. The summed E-state index contributed by atoms with van der Waals surface area (Å²) in [6, 6.07) is 8.00. The Bertz CT molecular complexity index is 1760. The van der Waals surface area contributed by atoms with Gasteiger partial charge in [-0.3, -0.25) is 9.30 Å². The number of benzene rings is 1. The number of fused-ring (bicyclic) bond motifs is 1. The second-order valence-electron chi connectivity index (χ2n) is 11.9. The third-order valence-electron chi connectivity index (χ3n) is 6.50. The van der Waals surface area contributed by atoms with Crippen molar-refractivity contribution >= 4 is 17.7 Å². The molecule has 238 valence electrons. The van der Waals surface area contributed by atoms with Crippen LogP contribution in [0.15, 0.2) is 48.7 Å². The first kappa shape index (κ1) is 33.1. The number of rotatable bonds is 7.